The number of hydrogen-bond acceptors (Lipinski definition) is 3. The van der Waals surface area contributed by atoms with E-state index < -0.39 is 0 Å². The smallest absolute Gasteiger partial charge is 0.0109 e. The zero-order valence-corrected chi connectivity index (χ0v) is 10.8. The Kier molecular flexibility index (Phi) is 4.56. The van der Waals surface area contributed by atoms with E-state index in [1.165, 1.54) is 26.1 Å². The van der Waals surface area contributed by atoms with E-state index in [0.717, 1.165) is 18.9 Å². The van der Waals surface area contributed by atoms with Gasteiger partial charge in [-0.3, -0.25) is 0 Å². The van der Waals surface area contributed by atoms with Crippen LogP contribution < -0.4 is 5.73 Å². The van der Waals surface area contributed by atoms with E-state index in [9.17, 15) is 0 Å². The summed E-state index contributed by atoms with van der Waals surface area (Å²) in [6.07, 6.45) is 2.43. The first-order chi connectivity index (χ1) is 6.87. The largest absolute Gasteiger partial charge is 0.326 e. The van der Waals surface area contributed by atoms with Gasteiger partial charge in [0.25, 0.3) is 0 Å². The average molecular weight is 213 g/mol. The minimum absolute atomic E-state index is 0.0271. The first kappa shape index (κ1) is 12.9. The van der Waals surface area contributed by atoms with Crippen LogP contribution in [0.15, 0.2) is 0 Å². The molecule has 0 bridgehead atoms. The van der Waals surface area contributed by atoms with Crippen LogP contribution in [0, 0.1) is 5.92 Å². The van der Waals surface area contributed by atoms with Crippen molar-refractivity contribution < 1.29 is 0 Å². The second-order valence-electron chi connectivity index (χ2n) is 5.92. The van der Waals surface area contributed by atoms with Gasteiger partial charge in [0, 0.05) is 18.6 Å². The Morgan fingerprint density at radius 2 is 2.13 bits per heavy atom. The van der Waals surface area contributed by atoms with Crippen LogP contribution in [0.5, 0.6) is 0 Å². The maximum atomic E-state index is 5.98. The van der Waals surface area contributed by atoms with Gasteiger partial charge in [0.1, 0.15) is 0 Å². The summed E-state index contributed by atoms with van der Waals surface area (Å²) in [6, 6.07) is 0. The molecule has 1 aliphatic heterocycles. The molecule has 0 amide bonds. The van der Waals surface area contributed by atoms with Crippen LogP contribution >= 0.6 is 0 Å². The van der Waals surface area contributed by atoms with Gasteiger partial charge in [-0.2, -0.15) is 0 Å². The van der Waals surface area contributed by atoms with Crippen molar-refractivity contribution in [1.29, 1.82) is 0 Å². The van der Waals surface area contributed by atoms with Crippen molar-refractivity contribution in [2.75, 3.05) is 40.3 Å². The molecule has 1 saturated heterocycles. The quantitative estimate of drug-likeness (QED) is 0.739. The molecule has 3 heteroatoms. The lowest BCUT2D eigenvalue weighted by atomic mass is 10.0. The highest BCUT2D eigenvalue weighted by molar-refractivity contribution is 4.77. The lowest BCUT2D eigenvalue weighted by molar-refractivity contribution is 0.252. The highest BCUT2D eigenvalue weighted by atomic mass is 15.1. The molecule has 3 nitrogen and oxygen atoms in total. The fraction of sp³-hybridized carbons (Fsp3) is 1.00. The highest BCUT2D eigenvalue weighted by Gasteiger charge is 2.21. The number of likely N-dealkylation sites (tertiary alicyclic amines) is 1. The van der Waals surface area contributed by atoms with Gasteiger partial charge >= 0.3 is 0 Å². The topological polar surface area (TPSA) is 32.5 Å². The molecule has 0 saturated carbocycles. The molecular formula is C12H27N3. The molecule has 1 atom stereocenters. The van der Waals surface area contributed by atoms with Crippen molar-refractivity contribution in [3.05, 3.63) is 0 Å². The predicted molar refractivity (Wildman–Crippen MR) is 66.0 cm³/mol. The molecule has 2 N–H and O–H groups in total. The van der Waals surface area contributed by atoms with E-state index in [0.29, 0.717) is 0 Å². The summed E-state index contributed by atoms with van der Waals surface area (Å²) in [5.74, 6) is 0.862. The standard InChI is InChI=1S/C12H27N3/c1-12(2,13)6-8-15(4)10-11-5-7-14(3)9-11/h11H,5-10,13H2,1-4H3. The molecule has 1 fully saturated rings. The molecule has 0 spiro atoms. The lowest BCUT2D eigenvalue weighted by Gasteiger charge is -2.25. The van der Waals surface area contributed by atoms with Crippen LogP contribution in [0.25, 0.3) is 0 Å². The van der Waals surface area contributed by atoms with Gasteiger partial charge in [-0.25, -0.2) is 0 Å². The summed E-state index contributed by atoms with van der Waals surface area (Å²) < 4.78 is 0. The van der Waals surface area contributed by atoms with Crippen molar-refractivity contribution in [2.24, 2.45) is 11.7 Å². The number of hydrogen-bond donors (Lipinski definition) is 1. The molecule has 1 rings (SSSR count). The molecule has 15 heavy (non-hydrogen) atoms. The van der Waals surface area contributed by atoms with Gasteiger partial charge in [0.15, 0.2) is 0 Å². The van der Waals surface area contributed by atoms with Crippen molar-refractivity contribution in [1.82, 2.24) is 9.80 Å². The van der Waals surface area contributed by atoms with Crippen LogP contribution in [0.3, 0.4) is 0 Å². The Balaban J connectivity index is 2.16. The second kappa shape index (κ2) is 5.28. The molecule has 0 aliphatic carbocycles. The molecule has 0 radical (unpaired) electrons. The summed E-state index contributed by atoms with van der Waals surface area (Å²) in [5.41, 5.74) is 5.95. The third kappa shape index (κ3) is 5.50. The van der Waals surface area contributed by atoms with E-state index >= 15 is 0 Å². The third-order valence-electron chi connectivity index (χ3n) is 3.20. The van der Waals surface area contributed by atoms with Crippen molar-refractivity contribution in [3.63, 3.8) is 0 Å². The van der Waals surface area contributed by atoms with Gasteiger partial charge in [0.05, 0.1) is 0 Å². The van der Waals surface area contributed by atoms with E-state index in [4.69, 9.17) is 5.73 Å². The maximum absolute atomic E-state index is 5.98. The van der Waals surface area contributed by atoms with Gasteiger partial charge in [-0.1, -0.05) is 0 Å². The molecular weight excluding hydrogens is 186 g/mol. The first-order valence-electron chi connectivity index (χ1n) is 6.03. The van der Waals surface area contributed by atoms with Crippen LogP contribution in [0.2, 0.25) is 0 Å². The summed E-state index contributed by atoms with van der Waals surface area (Å²) >= 11 is 0. The van der Waals surface area contributed by atoms with Crippen LogP contribution in [0.1, 0.15) is 26.7 Å². The van der Waals surface area contributed by atoms with E-state index in [1.54, 1.807) is 0 Å². The molecule has 90 valence electrons. The Bertz CT molecular complexity index is 186. The Hall–Kier alpha value is -0.120. The summed E-state index contributed by atoms with van der Waals surface area (Å²) in [4.78, 5) is 4.85. The first-order valence-corrected chi connectivity index (χ1v) is 6.03. The molecule has 0 aromatic rings. The third-order valence-corrected chi connectivity index (χ3v) is 3.20. The van der Waals surface area contributed by atoms with Gasteiger partial charge in [0.2, 0.25) is 0 Å². The monoisotopic (exact) mass is 213 g/mol. The zero-order chi connectivity index (χ0) is 11.5. The summed E-state index contributed by atoms with van der Waals surface area (Å²) in [7, 11) is 4.42. The Morgan fingerprint density at radius 1 is 1.47 bits per heavy atom. The van der Waals surface area contributed by atoms with Crippen molar-refractivity contribution >= 4 is 0 Å². The van der Waals surface area contributed by atoms with Crippen LogP contribution in [0.4, 0.5) is 0 Å². The summed E-state index contributed by atoms with van der Waals surface area (Å²) in [6.45, 7) is 9.07. The molecule has 1 unspecified atom stereocenters. The minimum Gasteiger partial charge on any atom is -0.326 e. The zero-order valence-electron chi connectivity index (χ0n) is 10.8. The lowest BCUT2D eigenvalue weighted by Crippen LogP contribution is -2.37. The van der Waals surface area contributed by atoms with Crippen molar-refractivity contribution in [2.45, 2.75) is 32.2 Å². The molecule has 1 heterocycles. The molecule has 0 aromatic heterocycles. The fourth-order valence-corrected chi connectivity index (χ4v) is 2.19. The maximum Gasteiger partial charge on any atom is 0.0109 e. The number of nitrogens with two attached hydrogens (primary N) is 1. The van der Waals surface area contributed by atoms with E-state index in [-0.39, 0.29) is 5.54 Å². The van der Waals surface area contributed by atoms with Gasteiger partial charge in [-0.05, 0) is 59.8 Å². The van der Waals surface area contributed by atoms with Crippen LogP contribution in [-0.4, -0.2) is 55.6 Å². The highest BCUT2D eigenvalue weighted by Crippen LogP contribution is 2.15. The minimum atomic E-state index is -0.0271. The van der Waals surface area contributed by atoms with E-state index in [1.807, 2.05) is 0 Å². The molecule has 0 aromatic carbocycles. The molecule has 1 aliphatic rings. The Labute approximate surface area is 94.6 Å². The second-order valence-corrected chi connectivity index (χ2v) is 5.92. The van der Waals surface area contributed by atoms with Gasteiger partial charge in [-0.15, -0.1) is 0 Å². The predicted octanol–water partition coefficient (Wildman–Crippen LogP) is 0.997. The normalized spacial score (nSPS) is 24.0. The van der Waals surface area contributed by atoms with Crippen LogP contribution in [-0.2, 0) is 0 Å². The SMILES string of the molecule is CN1CCC(CN(C)CCC(C)(C)N)C1. The van der Waals surface area contributed by atoms with E-state index in [2.05, 4.69) is 37.7 Å². The number of nitrogens with zero attached hydrogens (tertiary/aromatic N) is 2. The Morgan fingerprint density at radius 3 is 2.60 bits per heavy atom. The fourth-order valence-electron chi connectivity index (χ4n) is 2.19. The van der Waals surface area contributed by atoms with Crippen molar-refractivity contribution in [3.8, 4) is 0 Å². The number of rotatable bonds is 5. The van der Waals surface area contributed by atoms with Gasteiger partial charge < -0.3 is 15.5 Å². The average Bonchev–Trinajstić information content (AvgIpc) is 2.47. The summed E-state index contributed by atoms with van der Waals surface area (Å²) in [5, 5.41) is 0.